The van der Waals surface area contributed by atoms with E-state index in [1.54, 1.807) is 30.3 Å². The number of benzene rings is 2. The van der Waals surface area contributed by atoms with Crippen molar-refractivity contribution >= 4 is 35.1 Å². The summed E-state index contributed by atoms with van der Waals surface area (Å²) in [5.74, 6) is -1.05. The summed E-state index contributed by atoms with van der Waals surface area (Å²) in [4.78, 5) is 33.6. The Morgan fingerprint density at radius 2 is 1.88 bits per heavy atom. The van der Waals surface area contributed by atoms with Gasteiger partial charge in [-0.3, -0.25) is 14.9 Å². The van der Waals surface area contributed by atoms with Gasteiger partial charge in [-0.2, -0.15) is 0 Å². The van der Waals surface area contributed by atoms with Crippen LogP contribution in [0.5, 0.6) is 0 Å². The maximum atomic E-state index is 11.8. The number of ether oxygens (including phenoxy) is 1. The van der Waals surface area contributed by atoms with Crippen LogP contribution in [-0.2, 0) is 9.53 Å². The smallest absolute Gasteiger partial charge is 0.331 e. The summed E-state index contributed by atoms with van der Waals surface area (Å²) in [6.45, 7) is -0.381. The van der Waals surface area contributed by atoms with Gasteiger partial charge in [0.05, 0.1) is 4.92 Å². The number of hydrogen-bond donors (Lipinski definition) is 0. The number of nitro benzene ring substituents is 1. The van der Waals surface area contributed by atoms with Crippen LogP contribution in [0, 0.1) is 10.1 Å². The van der Waals surface area contributed by atoms with Crippen LogP contribution < -0.4 is 0 Å². The summed E-state index contributed by atoms with van der Waals surface area (Å²) in [5, 5.41) is 10.8. The Labute approximate surface area is 142 Å². The van der Waals surface area contributed by atoms with Crippen LogP contribution in [0.25, 0.3) is 6.08 Å². The number of rotatable bonds is 6. The molecule has 0 saturated carbocycles. The molecule has 0 aliphatic heterocycles. The molecule has 24 heavy (non-hydrogen) atoms. The highest BCUT2D eigenvalue weighted by Gasteiger charge is 2.12. The van der Waals surface area contributed by atoms with Crippen molar-refractivity contribution in [3.63, 3.8) is 0 Å². The molecule has 0 heterocycles. The van der Waals surface area contributed by atoms with Gasteiger partial charge in [-0.25, -0.2) is 4.79 Å². The number of Topliss-reactive ketones (excluding diaryl/α,β-unsaturated/α-hetero) is 1. The SMILES string of the molecule is O=C(/C=C/c1ccc(Cl)c([N+](=O)[O-])c1)OCC(=O)c1ccccc1. The lowest BCUT2D eigenvalue weighted by atomic mass is 10.1. The third kappa shape index (κ3) is 4.76. The summed E-state index contributed by atoms with van der Waals surface area (Å²) in [5.41, 5.74) is 0.603. The average molecular weight is 346 g/mol. The Hall–Kier alpha value is -2.99. The van der Waals surface area contributed by atoms with E-state index in [4.69, 9.17) is 16.3 Å². The Bertz CT molecular complexity index is 802. The molecular formula is C17H12ClNO5. The van der Waals surface area contributed by atoms with E-state index in [9.17, 15) is 19.7 Å². The largest absolute Gasteiger partial charge is 0.454 e. The van der Waals surface area contributed by atoms with Crippen LogP contribution in [0.15, 0.2) is 54.6 Å². The van der Waals surface area contributed by atoms with Crippen LogP contribution in [0.3, 0.4) is 0 Å². The standard InChI is InChI=1S/C17H12ClNO5/c18-14-8-6-12(10-15(14)19(22)23)7-9-17(21)24-11-16(20)13-4-2-1-3-5-13/h1-10H,11H2/b9-7+. The zero-order valence-corrected chi connectivity index (χ0v) is 13.1. The number of nitro groups is 1. The minimum atomic E-state index is -0.725. The predicted octanol–water partition coefficient (Wildman–Crippen LogP) is 3.69. The second kappa shape index (κ2) is 8.03. The minimum Gasteiger partial charge on any atom is -0.454 e. The Morgan fingerprint density at radius 3 is 2.54 bits per heavy atom. The first-order chi connectivity index (χ1) is 11.5. The molecule has 0 unspecified atom stereocenters. The molecule has 0 N–H and O–H groups in total. The van der Waals surface area contributed by atoms with Gasteiger partial charge >= 0.3 is 5.97 Å². The molecule has 0 atom stereocenters. The summed E-state index contributed by atoms with van der Waals surface area (Å²) in [7, 11) is 0. The summed E-state index contributed by atoms with van der Waals surface area (Å²) < 4.78 is 4.85. The Balaban J connectivity index is 1.95. The number of carbonyl (C=O) groups excluding carboxylic acids is 2. The van der Waals surface area contributed by atoms with E-state index in [1.807, 2.05) is 0 Å². The first kappa shape index (κ1) is 17.4. The van der Waals surface area contributed by atoms with Crippen LogP contribution in [0.1, 0.15) is 15.9 Å². The van der Waals surface area contributed by atoms with E-state index >= 15 is 0 Å². The molecule has 0 spiro atoms. The van der Waals surface area contributed by atoms with Gasteiger partial charge in [0, 0.05) is 17.7 Å². The van der Waals surface area contributed by atoms with Crippen molar-refractivity contribution in [2.24, 2.45) is 0 Å². The molecule has 122 valence electrons. The van der Waals surface area contributed by atoms with E-state index in [2.05, 4.69) is 0 Å². The van der Waals surface area contributed by atoms with E-state index < -0.39 is 10.9 Å². The second-order valence-electron chi connectivity index (χ2n) is 4.70. The molecule has 0 radical (unpaired) electrons. The summed E-state index contributed by atoms with van der Waals surface area (Å²) in [6, 6.07) is 12.6. The van der Waals surface area contributed by atoms with Gasteiger partial charge in [-0.1, -0.05) is 48.0 Å². The van der Waals surface area contributed by atoms with Gasteiger partial charge in [-0.15, -0.1) is 0 Å². The van der Waals surface area contributed by atoms with E-state index in [0.717, 1.165) is 6.08 Å². The first-order valence-corrected chi connectivity index (χ1v) is 7.22. The molecular weight excluding hydrogens is 334 g/mol. The fourth-order valence-corrected chi connectivity index (χ4v) is 2.02. The molecule has 2 aromatic rings. The van der Waals surface area contributed by atoms with Crippen molar-refractivity contribution in [3.05, 3.63) is 80.9 Å². The highest BCUT2D eigenvalue weighted by Crippen LogP contribution is 2.25. The topological polar surface area (TPSA) is 86.5 Å². The van der Waals surface area contributed by atoms with Gasteiger partial charge in [0.2, 0.25) is 0 Å². The van der Waals surface area contributed by atoms with Crippen molar-refractivity contribution in [1.29, 1.82) is 0 Å². The third-order valence-corrected chi connectivity index (χ3v) is 3.34. The molecule has 0 fully saturated rings. The van der Waals surface area contributed by atoms with Gasteiger partial charge in [-0.05, 0) is 17.7 Å². The Morgan fingerprint density at radius 1 is 1.17 bits per heavy atom. The quantitative estimate of drug-likeness (QED) is 0.262. The molecule has 0 aromatic heterocycles. The first-order valence-electron chi connectivity index (χ1n) is 6.84. The van der Waals surface area contributed by atoms with Gasteiger partial charge in [0.25, 0.3) is 5.69 Å². The Kier molecular flexibility index (Phi) is 5.81. The van der Waals surface area contributed by atoms with Gasteiger partial charge < -0.3 is 4.74 Å². The molecule has 2 aromatic carbocycles. The predicted molar refractivity (Wildman–Crippen MR) is 88.9 cm³/mol. The molecule has 0 amide bonds. The number of hydrogen-bond acceptors (Lipinski definition) is 5. The monoisotopic (exact) mass is 345 g/mol. The van der Waals surface area contributed by atoms with Crippen molar-refractivity contribution in [2.75, 3.05) is 6.61 Å². The molecule has 0 saturated heterocycles. The van der Waals surface area contributed by atoms with Crippen LogP contribution >= 0.6 is 11.6 Å². The fourth-order valence-electron chi connectivity index (χ4n) is 1.83. The maximum Gasteiger partial charge on any atom is 0.331 e. The van der Waals surface area contributed by atoms with Crippen LogP contribution in [-0.4, -0.2) is 23.3 Å². The number of nitrogens with zero attached hydrogens (tertiary/aromatic N) is 1. The minimum absolute atomic E-state index is 0.00758. The highest BCUT2D eigenvalue weighted by atomic mass is 35.5. The van der Waals surface area contributed by atoms with E-state index in [1.165, 1.54) is 24.3 Å². The van der Waals surface area contributed by atoms with Crippen LogP contribution in [0.2, 0.25) is 5.02 Å². The van der Waals surface area contributed by atoms with Gasteiger partial charge in [0.15, 0.2) is 12.4 Å². The fraction of sp³-hybridized carbons (Fsp3) is 0.0588. The van der Waals surface area contributed by atoms with Crippen molar-refractivity contribution < 1.29 is 19.2 Å². The second-order valence-corrected chi connectivity index (χ2v) is 5.11. The molecule has 6 nitrogen and oxygen atoms in total. The van der Waals surface area contributed by atoms with E-state index in [-0.39, 0.29) is 23.1 Å². The van der Waals surface area contributed by atoms with Crippen molar-refractivity contribution in [2.45, 2.75) is 0 Å². The average Bonchev–Trinajstić information content (AvgIpc) is 2.59. The van der Waals surface area contributed by atoms with Crippen molar-refractivity contribution in [1.82, 2.24) is 0 Å². The number of halogens is 1. The molecule has 0 bridgehead atoms. The summed E-state index contributed by atoms with van der Waals surface area (Å²) in [6.07, 6.45) is 2.43. The van der Waals surface area contributed by atoms with E-state index in [0.29, 0.717) is 11.1 Å². The molecule has 0 aliphatic carbocycles. The lowest BCUT2D eigenvalue weighted by Crippen LogP contribution is -2.12. The zero-order chi connectivity index (χ0) is 17.5. The number of esters is 1. The third-order valence-electron chi connectivity index (χ3n) is 3.02. The highest BCUT2D eigenvalue weighted by molar-refractivity contribution is 6.32. The molecule has 7 heteroatoms. The zero-order valence-electron chi connectivity index (χ0n) is 12.3. The summed E-state index contributed by atoms with van der Waals surface area (Å²) >= 11 is 5.70. The number of ketones is 1. The van der Waals surface area contributed by atoms with Crippen LogP contribution in [0.4, 0.5) is 5.69 Å². The normalized spacial score (nSPS) is 10.5. The lowest BCUT2D eigenvalue weighted by molar-refractivity contribution is -0.384. The molecule has 0 aliphatic rings. The lowest BCUT2D eigenvalue weighted by Gasteiger charge is -2.01. The number of carbonyl (C=O) groups is 2. The van der Waals surface area contributed by atoms with Gasteiger partial charge in [0.1, 0.15) is 5.02 Å². The van der Waals surface area contributed by atoms with Crippen molar-refractivity contribution in [3.8, 4) is 0 Å². The molecule has 2 rings (SSSR count). The maximum absolute atomic E-state index is 11.8.